The number of nitrogens with zero attached hydrogens (tertiary/aromatic N) is 1. The summed E-state index contributed by atoms with van der Waals surface area (Å²) in [4.78, 5) is 14.9. The van der Waals surface area contributed by atoms with E-state index in [1.807, 2.05) is 92.8 Å². The maximum atomic E-state index is 13.1. The fraction of sp³-hybridized carbons (Fsp3) is 0.115. The fourth-order valence-electron chi connectivity index (χ4n) is 3.73. The van der Waals surface area contributed by atoms with Crippen LogP contribution in [0.1, 0.15) is 28.9 Å². The van der Waals surface area contributed by atoms with Crippen LogP contribution < -0.4 is 5.73 Å². The predicted octanol–water partition coefficient (Wildman–Crippen LogP) is 6.58. The molecule has 0 radical (unpaired) electrons. The van der Waals surface area contributed by atoms with Gasteiger partial charge in [-0.05, 0) is 70.8 Å². The molecule has 1 atom stereocenters. The minimum absolute atomic E-state index is 0.0161. The van der Waals surface area contributed by atoms with E-state index in [0.29, 0.717) is 10.6 Å². The van der Waals surface area contributed by atoms with E-state index >= 15 is 0 Å². The van der Waals surface area contributed by atoms with Gasteiger partial charge >= 0.3 is 0 Å². The van der Waals surface area contributed by atoms with Crippen molar-refractivity contribution in [2.45, 2.75) is 13.0 Å². The topological polar surface area (TPSA) is 46.3 Å². The summed E-state index contributed by atoms with van der Waals surface area (Å²) in [5.74, 6) is -0.0161. The number of anilines is 1. The molecule has 0 aliphatic carbocycles. The Hall–Kier alpha value is -3.30. The third kappa shape index (κ3) is 3.89. The molecular weight excluding hydrogens is 392 g/mol. The highest BCUT2D eigenvalue weighted by atomic mass is 35.5. The number of nitrogens with two attached hydrogens (primary N) is 1. The number of nitrogen functional groups attached to an aromatic ring is 1. The summed E-state index contributed by atoms with van der Waals surface area (Å²) in [5.41, 5.74) is 10.5. The standard InChI is InChI=1S/C26H23ClN2O/c1-17(24-5-3-4-21-16-23(28)14-15-25(21)24)29(2)26(30)20-8-6-18(7-9-20)19-10-12-22(27)13-11-19/h3-17H,28H2,1-2H3. The molecule has 1 unspecified atom stereocenters. The summed E-state index contributed by atoms with van der Waals surface area (Å²) in [6.07, 6.45) is 0. The lowest BCUT2D eigenvalue weighted by Crippen LogP contribution is -2.29. The number of rotatable bonds is 4. The summed E-state index contributed by atoms with van der Waals surface area (Å²) in [6, 6.07) is 27.3. The van der Waals surface area contributed by atoms with Gasteiger partial charge in [0.05, 0.1) is 6.04 Å². The second-order valence-corrected chi connectivity index (χ2v) is 7.94. The number of amides is 1. The number of carbonyl (C=O) groups excluding carboxylic acids is 1. The molecule has 0 saturated carbocycles. The van der Waals surface area contributed by atoms with Gasteiger partial charge in [0.1, 0.15) is 0 Å². The van der Waals surface area contributed by atoms with Gasteiger partial charge in [-0.2, -0.15) is 0 Å². The van der Waals surface area contributed by atoms with Gasteiger partial charge in [0.25, 0.3) is 5.91 Å². The van der Waals surface area contributed by atoms with Gasteiger partial charge in [-0.25, -0.2) is 0 Å². The highest BCUT2D eigenvalue weighted by Crippen LogP contribution is 2.30. The van der Waals surface area contributed by atoms with Crippen molar-refractivity contribution in [1.82, 2.24) is 4.90 Å². The first-order valence-electron chi connectivity index (χ1n) is 9.85. The maximum Gasteiger partial charge on any atom is 0.254 e. The van der Waals surface area contributed by atoms with Crippen molar-refractivity contribution < 1.29 is 4.79 Å². The normalized spacial score (nSPS) is 12.0. The zero-order valence-electron chi connectivity index (χ0n) is 17.0. The molecule has 0 fully saturated rings. The number of fused-ring (bicyclic) bond motifs is 1. The van der Waals surface area contributed by atoms with Crippen LogP contribution in [0.3, 0.4) is 0 Å². The molecule has 4 aromatic rings. The molecule has 4 heteroatoms. The minimum Gasteiger partial charge on any atom is -0.399 e. The van der Waals surface area contributed by atoms with Crippen LogP contribution in [0.2, 0.25) is 5.02 Å². The lowest BCUT2D eigenvalue weighted by molar-refractivity contribution is 0.0743. The first-order chi connectivity index (χ1) is 14.4. The van der Waals surface area contributed by atoms with Gasteiger partial charge in [-0.1, -0.05) is 60.1 Å². The van der Waals surface area contributed by atoms with Crippen molar-refractivity contribution in [3.63, 3.8) is 0 Å². The third-order valence-electron chi connectivity index (χ3n) is 5.60. The number of carbonyl (C=O) groups is 1. The Morgan fingerprint density at radius 3 is 2.20 bits per heavy atom. The number of hydrogen-bond donors (Lipinski definition) is 1. The van der Waals surface area contributed by atoms with Crippen molar-refractivity contribution in [1.29, 1.82) is 0 Å². The Morgan fingerprint density at radius 2 is 1.53 bits per heavy atom. The van der Waals surface area contributed by atoms with Crippen LogP contribution >= 0.6 is 11.6 Å². The quantitative estimate of drug-likeness (QED) is 0.383. The first-order valence-corrected chi connectivity index (χ1v) is 10.2. The smallest absolute Gasteiger partial charge is 0.254 e. The Morgan fingerprint density at radius 1 is 0.900 bits per heavy atom. The average molecular weight is 415 g/mol. The highest BCUT2D eigenvalue weighted by Gasteiger charge is 2.20. The second-order valence-electron chi connectivity index (χ2n) is 7.50. The molecule has 2 N–H and O–H groups in total. The van der Waals surface area contributed by atoms with E-state index in [1.54, 1.807) is 4.90 Å². The lowest BCUT2D eigenvalue weighted by Gasteiger charge is -2.26. The van der Waals surface area contributed by atoms with Crippen LogP contribution in [-0.2, 0) is 0 Å². The van der Waals surface area contributed by atoms with Crippen LogP contribution in [-0.4, -0.2) is 17.9 Å². The van der Waals surface area contributed by atoms with Crippen LogP contribution in [0.15, 0.2) is 84.9 Å². The molecule has 0 saturated heterocycles. The zero-order chi connectivity index (χ0) is 21.3. The van der Waals surface area contributed by atoms with Gasteiger partial charge in [0, 0.05) is 23.3 Å². The van der Waals surface area contributed by atoms with E-state index in [4.69, 9.17) is 17.3 Å². The lowest BCUT2D eigenvalue weighted by atomic mass is 9.98. The fourth-order valence-corrected chi connectivity index (χ4v) is 3.85. The Kier molecular flexibility index (Phi) is 5.47. The molecule has 4 aromatic carbocycles. The zero-order valence-corrected chi connectivity index (χ0v) is 17.7. The largest absolute Gasteiger partial charge is 0.399 e. The number of hydrogen-bond acceptors (Lipinski definition) is 2. The summed E-state index contributed by atoms with van der Waals surface area (Å²) < 4.78 is 0. The summed E-state index contributed by atoms with van der Waals surface area (Å²) >= 11 is 5.97. The Balaban J connectivity index is 1.58. The SMILES string of the molecule is CC(c1cccc2cc(N)ccc12)N(C)C(=O)c1ccc(-c2ccc(Cl)cc2)cc1. The summed E-state index contributed by atoms with van der Waals surface area (Å²) in [7, 11) is 1.84. The van der Waals surface area contributed by atoms with Gasteiger partial charge < -0.3 is 10.6 Å². The van der Waals surface area contributed by atoms with E-state index in [-0.39, 0.29) is 11.9 Å². The number of benzene rings is 4. The Bertz CT molecular complexity index is 1200. The van der Waals surface area contributed by atoms with E-state index in [0.717, 1.165) is 33.2 Å². The van der Waals surface area contributed by atoms with Crippen LogP contribution in [0.4, 0.5) is 5.69 Å². The molecule has 0 bridgehead atoms. The van der Waals surface area contributed by atoms with Crippen LogP contribution in [0, 0.1) is 0 Å². The summed E-state index contributed by atoms with van der Waals surface area (Å²) in [6.45, 7) is 2.05. The summed E-state index contributed by atoms with van der Waals surface area (Å²) in [5, 5.41) is 2.89. The molecule has 0 aliphatic rings. The van der Waals surface area contributed by atoms with Crippen molar-refractivity contribution >= 4 is 34.0 Å². The molecule has 0 heterocycles. The van der Waals surface area contributed by atoms with E-state index in [1.165, 1.54) is 0 Å². The molecule has 0 spiro atoms. The van der Waals surface area contributed by atoms with Crippen molar-refractivity contribution in [2.24, 2.45) is 0 Å². The molecule has 4 rings (SSSR count). The maximum absolute atomic E-state index is 13.1. The van der Waals surface area contributed by atoms with Crippen molar-refractivity contribution in [2.75, 3.05) is 12.8 Å². The predicted molar refractivity (Wildman–Crippen MR) is 126 cm³/mol. The van der Waals surface area contributed by atoms with Gasteiger partial charge in [-0.15, -0.1) is 0 Å². The van der Waals surface area contributed by atoms with Crippen molar-refractivity contribution in [3.05, 3.63) is 101 Å². The molecular formula is C26H23ClN2O. The van der Waals surface area contributed by atoms with Crippen molar-refractivity contribution in [3.8, 4) is 11.1 Å². The van der Waals surface area contributed by atoms with Gasteiger partial charge in [0.15, 0.2) is 0 Å². The van der Waals surface area contributed by atoms with E-state index in [2.05, 4.69) is 6.07 Å². The average Bonchev–Trinajstić information content (AvgIpc) is 2.77. The Labute approximate surface area is 181 Å². The van der Waals surface area contributed by atoms with E-state index in [9.17, 15) is 4.79 Å². The number of halogens is 1. The first kappa shape index (κ1) is 20.0. The highest BCUT2D eigenvalue weighted by molar-refractivity contribution is 6.30. The van der Waals surface area contributed by atoms with Gasteiger partial charge in [-0.3, -0.25) is 4.79 Å². The molecule has 0 aromatic heterocycles. The second kappa shape index (κ2) is 8.21. The monoisotopic (exact) mass is 414 g/mol. The van der Waals surface area contributed by atoms with E-state index < -0.39 is 0 Å². The molecule has 150 valence electrons. The molecule has 30 heavy (non-hydrogen) atoms. The third-order valence-corrected chi connectivity index (χ3v) is 5.85. The van der Waals surface area contributed by atoms with Gasteiger partial charge in [0.2, 0.25) is 0 Å². The minimum atomic E-state index is -0.0826. The molecule has 0 aliphatic heterocycles. The molecule has 1 amide bonds. The van der Waals surface area contributed by atoms with Crippen LogP contribution in [0.25, 0.3) is 21.9 Å². The molecule has 3 nitrogen and oxygen atoms in total. The van der Waals surface area contributed by atoms with Crippen LogP contribution in [0.5, 0.6) is 0 Å².